The van der Waals surface area contributed by atoms with Crippen LogP contribution in [-0.4, -0.2) is 18.6 Å². The van der Waals surface area contributed by atoms with E-state index in [2.05, 4.69) is 158 Å². The first-order chi connectivity index (χ1) is 21.0. The SMILES string of the molecule is CC1C=CC=CC1N1c2ccccc2C2(c3ccccc31)c1ccccc1S(C)(C)c1c2ccc2oc3ccccc3c12. The van der Waals surface area contributed by atoms with E-state index in [1.54, 1.807) is 0 Å². The van der Waals surface area contributed by atoms with Gasteiger partial charge in [-0.05, 0) is 75.9 Å². The second-order valence-electron chi connectivity index (χ2n) is 12.5. The molecule has 3 heterocycles. The second-order valence-corrected chi connectivity index (χ2v) is 16.0. The smallest absolute Gasteiger partial charge is 0.136 e. The van der Waals surface area contributed by atoms with Crippen LogP contribution in [0.3, 0.4) is 0 Å². The van der Waals surface area contributed by atoms with Gasteiger partial charge in [0.1, 0.15) is 11.2 Å². The molecule has 0 fully saturated rings. The molecule has 1 spiro atoms. The molecule has 9 rings (SSSR count). The van der Waals surface area contributed by atoms with E-state index in [1.165, 1.54) is 54.2 Å². The van der Waals surface area contributed by atoms with Crippen molar-refractivity contribution in [2.45, 2.75) is 28.2 Å². The van der Waals surface area contributed by atoms with Crippen molar-refractivity contribution in [3.05, 3.63) is 156 Å². The normalized spacial score (nSPS) is 21.3. The number of nitrogens with zero attached hydrogens (tertiary/aromatic N) is 1. The lowest BCUT2D eigenvalue weighted by atomic mass is 9.61. The molecule has 210 valence electrons. The van der Waals surface area contributed by atoms with Gasteiger partial charge in [0.2, 0.25) is 0 Å². The van der Waals surface area contributed by atoms with Crippen molar-refractivity contribution in [3.8, 4) is 0 Å². The minimum atomic E-state index is -1.41. The van der Waals surface area contributed by atoms with E-state index in [-0.39, 0.29) is 6.04 Å². The number of furan rings is 1. The molecule has 2 atom stereocenters. The highest BCUT2D eigenvalue weighted by Gasteiger charge is 2.53. The Morgan fingerprint density at radius 1 is 0.628 bits per heavy atom. The van der Waals surface area contributed by atoms with Gasteiger partial charge in [-0.2, -0.15) is 10.0 Å². The van der Waals surface area contributed by atoms with Gasteiger partial charge in [0, 0.05) is 27.0 Å². The fourth-order valence-corrected chi connectivity index (χ4v) is 11.2. The average molecular weight is 576 g/mol. The molecular formula is C40H33NOS. The number of benzene rings is 5. The third-order valence-corrected chi connectivity index (χ3v) is 13.0. The molecule has 2 nitrogen and oxygen atoms in total. The van der Waals surface area contributed by atoms with Crippen LogP contribution >= 0.6 is 10.0 Å². The van der Waals surface area contributed by atoms with Crippen LogP contribution in [0.4, 0.5) is 11.4 Å². The Labute approximate surface area is 254 Å². The molecule has 0 saturated carbocycles. The van der Waals surface area contributed by atoms with Crippen LogP contribution in [0.2, 0.25) is 0 Å². The van der Waals surface area contributed by atoms with Gasteiger partial charge in [-0.15, -0.1) is 0 Å². The quantitative estimate of drug-likeness (QED) is 0.194. The van der Waals surface area contributed by atoms with Crippen LogP contribution in [0.5, 0.6) is 0 Å². The van der Waals surface area contributed by atoms with Gasteiger partial charge < -0.3 is 9.32 Å². The third kappa shape index (κ3) is 3.10. The number of fused-ring (bicyclic) bond motifs is 12. The van der Waals surface area contributed by atoms with Crippen LogP contribution in [0.1, 0.15) is 29.2 Å². The Morgan fingerprint density at radius 3 is 2.00 bits per heavy atom. The van der Waals surface area contributed by atoms with Gasteiger partial charge in [-0.1, -0.05) is 110 Å². The van der Waals surface area contributed by atoms with Crippen LogP contribution < -0.4 is 4.90 Å². The molecule has 0 amide bonds. The Morgan fingerprint density at radius 2 is 1.26 bits per heavy atom. The van der Waals surface area contributed by atoms with Gasteiger partial charge in [-0.25, -0.2) is 0 Å². The summed E-state index contributed by atoms with van der Waals surface area (Å²) >= 11 is 0. The topological polar surface area (TPSA) is 16.4 Å². The maximum Gasteiger partial charge on any atom is 0.136 e. The lowest BCUT2D eigenvalue weighted by Crippen LogP contribution is -2.45. The predicted molar refractivity (Wildman–Crippen MR) is 181 cm³/mol. The van der Waals surface area contributed by atoms with Crippen molar-refractivity contribution in [3.63, 3.8) is 0 Å². The summed E-state index contributed by atoms with van der Waals surface area (Å²) < 4.78 is 6.51. The molecule has 1 aliphatic carbocycles. The van der Waals surface area contributed by atoms with Crippen LogP contribution in [0, 0.1) is 5.92 Å². The van der Waals surface area contributed by atoms with Gasteiger partial charge in [-0.3, -0.25) is 0 Å². The molecular weight excluding hydrogens is 543 g/mol. The highest BCUT2D eigenvalue weighted by Crippen LogP contribution is 2.72. The Kier molecular flexibility index (Phi) is 5.12. The van der Waals surface area contributed by atoms with Crippen LogP contribution in [0.25, 0.3) is 21.9 Å². The van der Waals surface area contributed by atoms with Crippen molar-refractivity contribution in [1.29, 1.82) is 0 Å². The fourth-order valence-electron chi connectivity index (χ4n) is 8.29. The predicted octanol–water partition coefficient (Wildman–Crippen LogP) is 10.3. The molecule has 0 bridgehead atoms. The summed E-state index contributed by atoms with van der Waals surface area (Å²) in [7, 11) is -1.41. The van der Waals surface area contributed by atoms with E-state index in [9.17, 15) is 0 Å². The third-order valence-electron chi connectivity index (χ3n) is 10.1. The Hall–Kier alpha value is -4.47. The van der Waals surface area contributed by atoms with Gasteiger partial charge in [0.25, 0.3) is 0 Å². The van der Waals surface area contributed by atoms with E-state index < -0.39 is 15.4 Å². The summed E-state index contributed by atoms with van der Waals surface area (Å²) in [4.78, 5) is 5.49. The van der Waals surface area contributed by atoms with Crippen molar-refractivity contribution in [2.24, 2.45) is 5.92 Å². The molecule has 0 N–H and O–H groups in total. The molecule has 3 aliphatic rings. The minimum absolute atomic E-state index is 0.227. The molecule has 3 heteroatoms. The van der Waals surface area contributed by atoms with Crippen molar-refractivity contribution >= 4 is 43.3 Å². The monoisotopic (exact) mass is 575 g/mol. The van der Waals surface area contributed by atoms with Crippen molar-refractivity contribution < 1.29 is 4.42 Å². The largest absolute Gasteiger partial charge is 0.456 e. The molecule has 1 aromatic heterocycles. The lowest BCUT2D eigenvalue weighted by molar-refractivity contribution is 0.587. The number of hydrogen-bond donors (Lipinski definition) is 0. The Bertz CT molecular complexity index is 2120. The first-order valence-corrected chi connectivity index (χ1v) is 17.6. The van der Waals surface area contributed by atoms with Crippen LogP contribution in [-0.2, 0) is 5.41 Å². The molecule has 5 aromatic carbocycles. The zero-order valence-electron chi connectivity index (χ0n) is 24.6. The highest BCUT2D eigenvalue weighted by atomic mass is 32.3. The first-order valence-electron chi connectivity index (χ1n) is 15.1. The summed E-state index contributed by atoms with van der Waals surface area (Å²) in [5.41, 5.74) is 9.51. The number of anilines is 2. The van der Waals surface area contributed by atoms with Crippen molar-refractivity contribution in [1.82, 2.24) is 0 Å². The molecule has 2 aliphatic heterocycles. The average Bonchev–Trinajstić information content (AvgIpc) is 3.42. The summed E-state index contributed by atoms with van der Waals surface area (Å²) in [6, 6.07) is 41.0. The summed E-state index contributed by atoms with van der Waals surface area (Å²) in [6.07, 6.45) is 14.0. The number of allylic oxidation sites excluding steroid dienone is 2. The number of para-hydroxylation sites is 3. The first kappa shape index (κ1) is 25.1. The second kappa shape index (κ2) is 8.78. The van der Waals surface area contributed by atoms with E-state index in [1.807, 2.05) is 0 Å². The van der Waals surface area contributed by atoms with Crippen LogP contribution in [0.15, 0.2) is 148 Å². The van der Waals surface area contributed by atoms with E-state index in [4.69, 9.17) is 4.42 Å². The zero-order valence-corrected chi connectivity index (χ0v) is 25.4. The summed E-state index contributed by atoms with van der Waals surface area (Å²) in [5.74, 6) is 0.381. The summed E-state index contributed by atoms with van der Waals surface area (Å²) in [5, 5.41) is 2.48. The molecule has 0 saturated heterocycles. The standard InChI is InChI=1S/C40H33NOS/c1-26-14-4-9-19-32(26)41-33-20-10-6-16-28(33)40(29-17-7-11-21-34(29)41)30-18-8-13-23-37(30)43(2,3)39-31(40)24-25-36-38(39)27-15-5-12-22-35(27)42-36/h4-26,32H,1-3H3. The lowest BCUT2D eigenvalue weighted by Gasteiger charge is -2.54. The maximum absolute atomic E-state index is 6.51. The molecule has 6 aromatic rings. The van der Waals surface area contributed by atoms with E-state index >= 15 is 0 Å². The van der Waals surface area contributed by atoms with Gasteiger partial charge in [0.05, 0.1) is 11.5 Å². The Balaban J connectivity index is 1.48. The molecule has 2 unspecified atom stereocenters. The van der Waals surface area contributed by atoms with E-state index in [0.717, 1.165) is 11.2 Å². The van der Waals surface area contributed by atoms with Crippen molar-refractivity contribution in [2.75, 3.05) is 17.4 Å². The highest BCUT2D eigenvalue weighted by molar-refractivity contribution is 8.33. The number of hydrogen-bond acceptors (Lipinski definition) is 2. The number of rotatable bonds is 1. The minimum Gasteiger partial charge on any atom is -0.456 e. The zero-order chi connectivity index (χ0) is 28.9. The van der Waals surface area contributed by atoms with Gasteiger partial charge in [0.15, 0.2) is 0 Å². The maximum atomic E-state index is 6.51. The summed E-state index contributed by atoms with van der Waals surface area (Å²) in [6.45, 7) is 2.33. The molecule has 43 heavy (non-hydrogen) atoms. The van der Waals surface area contributed by atoms with E-state index in [0.29, 0.717) is 5.92 Å². The molecule has 0 radical (unpaired) electrons. The fraction of sp³-hybridized carbons (Fsp3) is 0.150. The van der Waals surface area contributed by atoms with Gasteiger partial charge >= 0.3 is 0 Å².